The Morgan fingerprint density at radius 2 is 1.02 bits per heavy atom. The van der Waals surface area contributed by atoms with Crippen LogP contribution in [0.5, 0.6) is 0 Å². The zero-order valence-corrected chi connectivity index (χ0v) is 39.1. The number of carbonyl (C=O) groups is 2. The van der Waals surface area contributed by atoms with Gasteiger partial charge in [0.05, 0.1) is 25.9 Å². The maximum Gasteiger partial charge on any atom is 0.472 e. The molecule has 14 nitrogen and oxygen atoms in total. The van der Waals surface area contributed by atoms with E-state index in [1.165, 1.54) is 19.3 Å². The molecule has 0 aromatic carbocycles. The van der Waals surface area contributed by atoms with E-state index in [1.54, 1.807) is 6.08 Å². The second-order valence-corrected chi connectivity index (χ2v) is 17.5. The van der Waals surface area contributed by atoms with Gasteiger partial charge in [0.25, 0.3) is 0 Å². The lowest BCUT2D eigenvalue weighted by molar-refractivity contribution is -0.161. The number of phosphoric acid groups is 2. The van der Waals surface area contributed by atoms with Crippen LogP contribution in [0.4, 0.5) is 0 Å². The first-order valence-electron chi connectivity index (χ1n) is 22.4. The van der Waals surface area contributed by atoms with E-state index in [4.69, 9.17) is 23.8 Å². The number of aliphatic hydroxyl groups is 2. The van der Waals surface area contributed by atoms with Crippen LogP contribution in [0, 0.1) is 0 Å². The van der Waals surface area contributed by atoms with Crippen molar-refractivity contribution in [3.63, 3.8) is 0 Å². The third kappa shape index (κ3) is 43.9. The minimum Gasteiger partial charge on any atom is -0.462 e. The molecule has 0 saturated carbocycles. The van der Waals surface area contributed by atoms with E-state index in [9.17, 15) is 33.8 Å². The van der Waals surface area contributed by atoms with Gasteiger partial charge in [-0.15, -0.1) is 0 Å². The number of carbonyl (C=O) groups excluding carboxylic acids is 2. The monoisotopic (exact) mass is 916 g/mol. The first-order valence-corrected chi connectivity index (χ1v) is 25.4. The third-order valence-corrected chi connectivity index (χ3v) is 10.4. The number of rotatable bonds is 41. The number of phosphoric ester groups is 2. The second-order valence-electron chi connectivity index (χ2n) is 14.8. The quantitative estimate of drug-likeness (QED) is 0.0127. The molecular weight excluding hydrogens is 838 g/mol. The van der Waals surface area contributed by atoms with E-state index < -0.39 is 72.3 Å². The molecule has 62 heavy (non-hydrogen) atoms. The Balaban J connectivity index is 4.63. The largest absolute Gasteiger partial charge is 0.472 e. The Hall–Kier alpha value is -2.74. The van der Waals surface area contributed by atoms with Crippen molar-refractivity contribution in [2.75, 3.05) is 26.4 Å². The minimum atomic E-state index is -4.88. The van der Waals surface area contributed by atoms with Crippen molar-refractivity contribution in [2.24, 2.45) is 0 Å². The molecule has 0 aromatic rings. The molecule has 0 radical (unpaired) electrons. The summed E-state index contributed by atoms with van der Waals surface area (Å²) in [6, 6.07) is 0. The molecule has 0 aliphatic heterocycles. The summed E-state index contributed by atoms with van der Waals surface area (Å²) < 4.78 is 47.7. The average Bonchev–Trinajstić information content (AvgIpc) is 3.23. The molecule has 356 valence electrons. The molecule has 5 N–H and O–H groups in total. The van der Waals surface area contributed by atoms with E-state index in [1.807, 2.05) is 37.3 Å². The Morgan fingerprint density at radius 1 is 0.532 bits per heavy atom. The summed E-state index contributed by atoms with van der Waals surface area (Å²) in [6.45, 7) is 1.31. The molecule has 0 rings (SSSR count). The maximum absolute atomic E-state index is 12.7. The molecule has 0 saturated heterocycles. The van der Waals surface area contributed by atoms with Gasteiger partial charge >= 0.3 is 27.6 Å². The summed E-state index contributed by atoms with van der Waals surface area (Å²) in [4.78, 5) is 52.7. The van der Waals surface area contributed by atoms with Gasteiger partial charge in [-0.05, 0) is 77.0 Å². The lowest BCUT2D eigenvalue weighted by Crippen LogP contribution is -2.30. The minimum absolute atomic E-state index is 0.0969. The fraction of sp³-hybridized carbons (Fsp3) is 0.652. The number of ether oxygens (including phenoxy) is 2. The first-order chi connectivity index (χ1) is 29.8. The van der Waals surface area contributed by atoms with E-state index in [0.29, 0.717) is 25.7 Å². The van der Waals surface area contributed by atoms with E-state index in [2.05, 4.69) is 64.6 Å². The van der Waals surface area contributed by atoms with Gasteiger partial charge in [0, 0.05) is 12.8 Å². The van der Waals surface area contributed by atoms with Crippen molar-refractivity contribution in [1.29, 1.82) is 0 Å². The van der Waals surface area contributed by atoms with Crippen LogP contribution in [0.3, 0.4) is 0 Å². The normalized spacial score (nSPS) is 15.3. The van der Waals surface area contributed by atoms with Crippen molar-refractivity contribution >= 4 is 27.6 Å². The fourth-order valence-electron chi connectivity index (χ4n) is 5.36. The second kappa shape index (κ2) is 41.0. The summed E-state index contributed by atoms with van der Waals surface area (Å²) in [7, 11) is -9.71. The van der Waals surface area contributed by atoms with Gasteiger partial charge in [0.2, 0.25) is 0 Å². The van der Waals surface area contributed by atoms with Gasteiger partial charge in [-0.1, -0.05) is 144 Å². The predicted molar refractivity (Wildman–Crippen MR) is 245 cm³/mol. The van der Waals surface area contributed by atoms with Crippen LogP contribution in [-0.4, -0.2) is 81.6 Å². The zero-order valence-electron chi connectivity index (χ0n) is 37.3. The summed E-state index contributed by atoms with van der Waals surface area (Å²) in [5.41, 5.74) is 0. The average molecular weight is 917 g/mol. The Bertz CT molecular complexity index is 1430. The molecule has 0 aliphatic carbocycles. The molecule has 0 bridgehead atoms. The molecule has 4 atom stereocenters. The Morgan fingerprint density at radius 3 is 1.60 bits per heavy atom. The van der Waals surface area contributed by atoms with Gasteiger partial charge in [-0.3, -0.25) is 23.2 Å². The topological polar surface area (TPSA) is 216 Å². The summed E-state index contributed by atoms with van der Waals surface area (Å²) >= 11 is 0. The number of aliphatic hydroxyl groups excluding tert-OH is 2. The molecular formula is C46H78O14P2. The number of hydrogen-bond donors (Lipinski definition) is 5. The van der Waals surface area contributed by atoms with Crippen LogP contribution in [0.1, 0.15) is 149 Å². The van der Waals surface area contributed by atoms with E-state index in [0.717, 1.165) is 77.0 Å². The Labute approximate surface area is 371 Å². The highest BCUT2D eigenvalue weighted by Gasteiger charge is 2.28. The molecule has 0 spiro atoms. The third-order valence-electron chi connectivity index (χ3n) is 8.92. The summed E-state index contributed by atoms with van der Waals surface area (Å²) in [5, 5.41) is 19.2. The lowest BCUT2D eigenvalue weighted by atomic mass is 10.1. The van der Waals surface area contributed by atoms with Gasteiger partial charge in [0.15, 0.2) is 6.10 Å². The van der Waals surface area contributed by atoms with Crippen LogP contribution in [0.2, 0.25) is 0 Å². The molecule has 0 aliphatic rings. The summed E-state index contributed by atoms with van der Waals surface area (Å²) in [5.74, 6) is -1.13. The molecule has 0 amide bonds. The van der Waals surface area contributed by atoms with Gasteiger partial charge in [0.1, 0.15) is 12.7 Å². The first kappa shape index (κ1) is 59.3. The smallest absolute Gasteiger partial charge is 0.462 e. The standard InChI is InChI=1S/C46H78O14P2/c1-3-5-6-7-8-9-10-11-12-13-14-19-22-25-28-31-34-37-46(50)60-44(41-59-62(54,55)58-39-43(48)38-57-61(51,52)53)40-56-45(49)36-33-30-27-24-21-18-16-15-17-20-23-26-29-32-35-42(47)4-2/h8-9,11-12,16-18,20,24,26-27,29,32,35,42-44,47-48H,3-7,10,13-15,19,21-23,25,28,30-31,33-34,36-41H2,1-2H3,(H,54,55)(H2,51,52,53)/b9-8-,12-11-,18-16-,20-17-,27-24-,29-26-,35-32+/t42-,43-,44+/m0/s1. The highest BCUT2D eigenvalue weighted by atomic mass is 31.2. The van der Waals surface area contributed by atoms with Gasteiger partial charge in [-0.25, -0.2) is 9.13 Å². The maximum atomic E-state index is 12.7. The number of unbranched alkanes of at least 4 members (excludes halogenated alkanes) is 11. The van der Waals surface area contributed by atoms with Gasteiger partial charge in [-0.2, -0.15) is 0 Å². The van der Waals surface area contributed by atoms with Crippen molar-refractivity contribution < 1.29 is 66.7 Å². The van der Waals surface area contributed by atoms with Crippen molar-refractivity contribution in [3.05, 3.63) is 85.1 Å². The summed E-state index contributed by atoms with van der Waals surface area (Å²) in [6.07, 6.45) is 43.8. The number of esters is 2. The Kier molecular flexibility index (Phi) is 39.2. The van der Waals surface area contributed by atoms with Crippen LogP contribution in [-0.2, 0) is 41.8 Å². The molecule has 1 unspecified atom stereocenters. The van der Waals surface area contributed by atoms with Crippen LogP contribution >= 0.6 is 15.6 Å². The highest BCUT2D eigenvalue weighted by molar-refractivity contribution is 7.47. The highest BCUT2D eigenvalue weighted by Crippen LogP contribution is 2.43. The van der Waals surface area contributed by atoms with Crippen molar-refractivity contribution in [2.45, 2.75) is 167 Å². The predicted octanol–water partition coefficient (Wildman–Crippen LogP) is 10.5. The lowest BCUT2D eigenvalue weighted by Gasteiger charge is -2.20. The fourth-order valence-corrected chi connectivity index (χ4v) is 6.52. The van der Waals surface area contributed by atoms with Gasteiger partial charge < -0.3 is 34.4 Å². The molecule has 0 aromatic heterocycles. The van der Waals surface area contributed by atoms with E-state index in [-0.39, 0.29) is 12.8 Å². The molecule has 16 heteroatoms. The number of hydrogen-bond acceptors (Lipinski definition) is 11. The molecule has 0 fully saturated rings. The van der Waals surface area contributed by atoms with Crippen molar-refractivity contribution in [1.82, 2.24) is 0 Å². The number of allylic oxidation sites excluding steroid dienone is 13. The SMILES string of the molecule is CCCCC/C=C\C/C=C\CCCCCCCCCC(=O)O[C@H](COC(=O)CCC/C=C\C/C=C\C/C=C\C/C=C\C=C\[C@@H](O)CC)COP(=O)(O)OC[C@@H](O)COP(=O)(O)O. The van der Waals surface area contributed by atoms with Crippen LogP contribution < -0.4 is 0 Å². The van der Waals surface area contributed by atoms with Crippen LogP contribution in [0.15, 0.2) is 85.1 Å². The zero-order chi connectivity index (χ0) is 46.0. The van der Waals surface area contributed by atoms with Crippen LogP contribution in [0.25, 0.3) is 0 Å². The molecule has 0 heterocycles. The van der Waals surface area contributed by atoms with E-state index >= 15 is 0 Å². The van der Waals surface area contributed by atoms with Crippen molar-refractivity contribution in [3.8, 4) is 0 Å².